The molecule has 0 bridgehead atoms. The van der Waals surface area contributed by atoms with Crippen LogP contribution in [0.4, 0.5) is 0 Å². The minimum Gasteiger partial charge on any atom is -0.496 e. The number of carbonyl (C=O) groups is 1. The third-order valence-electron chi connectivity index (χ3n) is 4.41. The zero-order valence-corrected chi connectivity index (χ0v) is 20.6. The molecule has 30 heavy (non-hydrogen) atoms. The van der Waals surface area contributed by atoms with Gasteiger partial charge < -0.3 is 20.7 Å². The number of nitrogens with one attached hydrogen (secondary N) is 3. The number of guanidine groups is 1. The highest BCUT2D eigenvalue weighted by Gasteiger charge is 2.06. The number of rotatable bonds is 9. The predicted octanol–water partition coefficient (Wildman–Crippen LogP) is 3.67. The second-order valence-corrected chi connectivity index (χ2v) is 6.75. The molecule has 0 unspecified atom stereocenters. The highest BCUT2D eigenvalue weighted by Crippen LogP contribution is 2.19. The van der Waals surface area contributed by atoms with Gasteiger partial charge >= 0.3 is 0 Å². The lowest BCUT2D eigenvalue weighted by Crippen LogP contribution is -2.38. The van der Waals surface area contributed by atoms with E-state index in [1.165, 1.54) is 11.1 Å². The van der Waals surface area contributed by atoms with Crippen LogP contribution in [0, 0.1) is 6.92 Å². The highest BCUT2D eigenvalue weighted by molar-refractivity contribution is 14.0. The number of hydrogen-bond acceptors (Lipinski definition) is 3. The van der Waals surface area contributed by atoms with Crippen molar-refractivity contribution in [2.24, 2.45) is 4.99 Å². The molecule has 0 saturated carbocycles. The number of carbonyl (C=O) groups excluding carboxylic acids is 1. The fraction of sp³-hybridized carbons (Fsp3) is 0.391. The maximum atomic E-state index is 12.0. The average Bonchev–Trinajstić information content (AvgIpc) is 2.72. The molecule has 2 aromatic carbocycles. The lowest BCUT2D eigenvalue weighted by atomic mass is 10.1. The van der Waals surface area contributed by atoms with Crippen molar-refractivity contribution in [3.8, 4) is 5.75 Å². The summed E-state index contributed by atoms with van der Waals surface area (Å²) in [4.78, 5) is 16.7. The van der Waals surface area contributed by atoms with Gasteiger partial charge in [-0.15, -0.1) is 24.0 Å². The van der Waals surface area contributed by atoms with Crippen molar-refractivity contribution >= 4 is 35.8 Å². The Morgan fingerprint density at radius 2 is 1.80 bits per heavy atom. The Hall–Kier alpha value is -2.29. The summed E-state index contributed by atoms with van der Waals surface area (Å²) in [5.41, 5.74) is 4.04. The van der Waals surface area contributed by atoms with Crippen molar-refractivity contribution in [1.29, 1.82) is 0 Å². The molecule has 0 aliphatic rings. The third-order valence-corrected chi connectivity index (χ3v) is 4.41. The van der Waals surface area contributed by atoms with Crippen LogP contribution in [0.25, 0.3) is 0 Å². The van der Waals surface area contributed by atoms with E-state index in [1.54, 1.807) is 7.11 Å². The molecular formula is C23H33IN4O2. The summed E-state index contributed by atoms with van der Waals surface area (Å²) in [6.45, 7) is 8.65. The van der Waals surface area contributed by atoms with Crippen molar-refractivity contribution in [3.63, 3.8) is 0 Å². The molecule has 7 heteroatoms. The lowest BCUT2D eigenvalue weighted by Gasteiger charge is -2.13. The zero-order valence-electron chi connectivity index (χ0n) is 18.2. The van der Waals surface area contributed by atoms with Crippen LogP contribution >= 0.6 is 24.0 Å². The molecule has 2 rings (SSSR count). The first kappa shape index (κ1) is 25.7. The number of aliphatic imine (C=N–C) groups is 1. The fourth-order valence-electron chi connectivity index (χ4n) is 3.00. The third kappa shape index (κ3) is 8.22. The smallest absolute Gasteiger partial charge is 0.251 e. The molecule has 0 aliphatic heterocycles. The first-order valence-electron chi connectivity index (χ1n) is 10.1. The Morgan fingerprint density at radius 3 is 2.50 bits per heavy atom. The summed E-state index contributed by atoms with van der Waals surface area (Å²) in [5.74, 6) is 1.60. The van der Waals surface area contributed by atoms with E-state index in [-0.39, 0.29) is 29.9 Å². The molecule has 2 aromatic rings. The van der Waals surface area contributed by atoms with Crippen LogP contribution < -0.4 is 20.7 Å². The van der Waals surface area contributed by atoms with Crippen molar-refractivity contribution in [1.82, 2.24) is 16.0 Å². The lowest BCUT2D eigenvalue weighted by molar-refractivity contribution is 0.0955. The second-order valence-electron chi connectivity index (χ2n) is 6.75. The van der Waals surface area contributed by atoms with E-state index in [4.69, 9.17) is 4.74 Å². The van der Waals surface area contributed by atoms with Crippen LogP contribution in [-0.2, 0) is 13.0 Å². The molecule has 0 saturated heterocycles. The van der Waals surface area contributed by atoms with E-state index in [2.05, 4.69) is 40.0 Å². The van der Waals surface area contributed by atoms with Gasteiger partial charge in [0.15, 0.2) is 5.96 Å². The normalized spacial score (nSPS) is 10.7. The number of halogens is 1. The summed E-state index contributed by atoms with van der Waals surface area (Å²) >= 11 is 0. The maximum absolute atomic E-state index is 12.0. The van der Waals surface area contributed by atoms with Crippen LogP contribution in [0.2, 0.25) is 0 Å². The molecule has 164 valence electrons. The Morgan fingerprint density at radius 1 is 1.03 bits per heavy atom. The number of aryl methyl sites for hydroxylation is 1. The van der Waals surface area contributed by atoms with Gasteiger partial charge in [0.2, 0.25) is 0 Å². The molecule has 0 aromatic heterocycles. The monoisotopic (exact) mass is 524 g/mol. The van der Waals surface area contributed by atoms with Gasteiger partial charge in [-0.25, -0.2) is 4.99 Å². The van der Waals surface area contributed by atoms with Crippen molar-refractivity contribution in [3.05, 3.63) is 64.7 Å². The van der Waals surface area contributed by atoms with Crippen molar-refractivity contribution < 1.29 is 9.53 Å². The minimum atomic E-state index is -0.0598. The van der Waals surface area contributed by atoms with E-state index < -0.39 is 0 Å². The number of ether oxygens (including phenoxy) is 1. The number of methoxy groups -OCH3 is 1. The summed E-state index contributed by atoms with van der Waals surface area (Å²) < 4.78 is 5.45. The van der Waals surface area contributed by atoms with Gasteiger partial charge in [-0.1, -0.05) is 29.8 Å². The molecule has 0 radical (unpaired) electrons. The summed E-state index contributed by atoms with van der Waals surface area (Å²) in [5, 5.41) is 9.46. The molecular weight excluding hydrogens is 491 g/mol. The fourth-order valence-corrected chi connectivity index (χ4v) is 3.00. The summed E-state index contributed by atoms with van der Waals surface area (Å²) in [6.07, 6.45) is 0.835. The second kappa shape index (κ2) is 13.8. The number of nitrogens with zero attached hydrogens (tertiary/aromatic N) is 1. The predicted molar refractivity (Wildman–Crippen MR) is 134 cm³/mol. The molecule has 0 spiro atoms. The Bertz CT molecular complexity index is 840. The van der Waals surface area contributed by atoms with Crippen LogP contribution in [0.5, 0.6) is 5.75 Å². The van der Waals surface area contributed by atoms with Crippen LogP contribution in [0.15, 0.2) is 47.5 Å². The molecule has 3 N–H and O–H groups in total. The quantitative estimate of drug-likeness (QED) is 0.266. The molecule has 0 heterocycles. The first-order chi connectivity index (χ1) is 14.1. The van der Waals surface area contributed by atoms with E-state index in [9.17, 15) is 4.79 Å². The van der Waals surface area contributed by atoms with E-state index in [0.717, 1.165) is 36.8 Å². The SMILES string of the molecule is CCNC(=O)c1cccc(CN=C(NCC)NCCc2cc(C)ccc2OC)c1.I. The number of benzene rings is 2. The Labute approximate surface area is 196 Å². The topological polar surface area (TPSA) is 74.8 Å². The van der Waals surface area contributed by atoms with E-state index >= 15 is 0 Å². The average molecular weight is 524 g/mol. The van der Waals surface area contributed by atoms with Gasteiger partial charge in [0.25, 0.3) is 5.91 Å². The Balaban J connectivity index is 0.00000450. The van der Waals surface area contributed by atoms with Crippen molar-refractivity contribution in [2.45, 2.75) is 33.7 Å². The van der Waals surface area contributed by atoms with Gasteiger partial charge in [-0.05, 0) is 56.5 Å². The van der Waals surface area contributed by atoms with E-state index in [0.29, 0.717) is 18.7 Å². The van der Waals surface area contributed by atoms with Crippen molar-refractivity contribution in [2.75, 3.05) is 26.7 Å². The van der Waals surface area contributed by atoms with Crippen LogP contribution in [0.3, 0.4) is 0 Å². The van der Waals surface area contributed by atoms with Gasteiger partial charge in [0, 0.05) is 25.2 Å². The molecule has 6 nitrogen and oxygen atoms in total. The summed E-state index contributed by atoms with van der Waals surface area (Å²) in [6, 6.07) is 13.8. The molecule has 0 fully saturated rings. The molecule has 0 aliphatic carbocycles. The largest absolute Gasteiger partial charge is 0.496 e. The van der Waals surface area contributed by atoms with Gasteiger partial charge in [-0.3, -0.25) is 4.79 Å². The highest BCUT2D eigenvalue weighted by atomic mass is 127. The molecule has 1 amide bonds. The maximum Gasteiger partial charge on any atom is 0.251 e. The molecule has 0 atom stereocenters. The number of hydrogen-bond donors (Lipinski definition) is 3. The summed E-state index contributed by atoms with van der Waals surface area (Å²) in [7, 11) is 1.70. The standard InChI is InChI=1S/C23H32N4O2.HI/c1-5-24-22(28)20-9-7-8-18(15-20)16-27-23(25-6-2)26-13-12-19-14-17(3)10-11-21(19)29-4;/h7-11,14-15H,5-6,12-13,16H2,1-4H3,(H,24,28)(H2,25,26,27);1H. The van der Waals surface area contributed by atoms with Gasteiger partial charge in [0.05, 0.1) is 13.7 Å². The van der Waals surface area contributed by atoms with Gasteiger partial charge in [-0.2, -0.15) is 0 Å². The zero-order chi connectivity index (χ0) is 21.1. The first-order valence-corrected chi connectivity index (χ1v) is 10.1. The van der Waals surface area contributed by atoms with Crippen LogP contribution in [0.1, 0.15) is 40.9 Å². The Kier molecular flexibility index (Phi) is 11.9. The minimum absolute atomic E-state index is 0. The van der Waals surface area contributed by atoms with Crippen LogP contribution in [-0.4, -0.2) is 38.6 Å². The van der Waals surface area contributed by atoms with E-state index in [1.807, 2.05) is 44.2 Å². The van der Waals surface area contributed by atoms with Gasteiger partial charge in [0.1, 0.15) is 5.75 Å². The number of amides is 1.